The van der Waals surface area contributed by atoms with Crippen LogP contribution in [0.5, 0.6) is 5.75 Å². The molecule has 0 N–H and O–H groups in total. The van der Waals surface area contributed by atoms with Crippen molar-refractivity contribution in [1.82, 2.24) is 9.80 Å². The molecule has 1 aliphatic rings. The van der Waals surface area contributed by atoms with Gasteiger partial charge in [-0.3, -0.25) is 9.59 Å². The summed E-state index contributed by atoms with van der Waals surface area (Å²) in [6, 6.07) is 9.16. The van der Waals surface area contributed by atoms with E-state index in [1.165, 1.54) is 0 Å². The lowest BCUT2D eigenvalue weighted by molar-refractivity contribution is -0.143. The lowest BCUT2D eigenvalue weighted by Gasteiger charge is -2.29. The summed E-state index contributed by atoms with van der Waals surface area (Å²) in [5.74, 6) is 0.839. The van der Waals surface area contributed by atoms with Gasteiger partial charge in [-0.05, 0) is 38.8 Å². The zero-order valence-electron chi connectivity index (χ0n) is 14.0. The number of carbonyl (C=O) groups excluding carboxylic acids is 2. The molecule has 0 radical (unpaired) electrons. The van der Waals surface area contributed by atoms with Crippen LogP contribution in [-0.2, 0) is 9.59 Å². The number of nitrogens with zero attached hydrogens (tertiary/aromatic N) is 2. The van der Waals surface area contributed by atoms with Gasteiger partial charge < -0.3 is 14.5 Å². The molecule has 0 aromatic heterocycles. The van der Waals surface area contributed by atoms with Crippen molar-refractivity contribution in [2.75, 3.05) is 26.2 Å². The highest BCUT2D eigenvalue weighted by atomic mass is 16.5. The molecular formula is C18H26N2O3. The zero-order valence-corrected chi connectivity index (χ0v) is 14.0. The lowest BCUT2D eigenvalue weighted by Crippen LogP contribution is -2.47. The largest absolute Gasteiger partial charge is 0.493 e. The number of ether oxygens (including phenoxy) is 1. The number of hydrogen-bond donors (Lipinski definition) is 0. The minimum Gasteiger partial charge on any atom is -0.493 e. The van der Waals surface area contributed by atoms with Crippen LogP contribution >= 0.6 is 0 Å². The quantitative estimate of drug-likeness (QED) is 0.775. The Bertz CT molecular complexity index is 514. The van der Waals surface area contributed by atoms with Crippen LogP contribution < -0.4 is 4.74 Å². The summed E-state index contributed by atoms with van der Waals surface area (Å²) in [4.78, 5) is 28.5. The Morgan fingerprint density at radius 2 is 1.91 bits per heavy atom. The van der Waals surface area contributed by atoms with Gasteiger partial charge in [0.05, 0.1) is 13.0 Å². The molecule has 23 heavy (non-hydrogen) atoms. The summed E-state index contributed by atoms with van der Waals surface area (Å²) in [7, 11) is 0. The highest BCUT2D eigenvalue weighted by molar-refractivity contribution is 5.88. The number of carbonyl (C=O) groups is 2. The number of likely N-dealkylation sites (N-methyl/N-ethyl adjacent to an activating group) is 1. The van der Waals surface area contributed by atoms with Crippen LogP contribution in [0.25, 0.3) is 0 Å². The average molecular weight is 318 g/mol. The molecule has 0 spiro atoms. The Morgan fingerprint density at radius 1 is 1.22 bits per heavy atom. The van der Waals surface area contributed by atoms with Crippen LogP contribution in [0.4, 0.5) is 0 Å². The van der Waals surface area contributed by atoms with Gasteiger partial charge >= 0.3 is 0 Å². The maximum Gasteiger partial charge on any atom is 0.245 e. The first-order chi connectivity index (χ1) is 11.2. The molecule has 2 amide bonds. The van der Waals surface area contributed by atoms with Gasteiger partial charge in [-0.25, -0.2) is 0 Å². The minimum atomic E-state index is -0.292. The van der Waals surface area contributed by atoms with Crippen molar-refractivity contribution < 1.29 is 14.3 Å². The molecule has 5 nitrogen and oxygen atoms in total. The molecule has 1 fully saturated rings. The fourth-order valence-corrected chi connectivity index (χ4v) is 2.98. The molecule has 1 aliphatic heterocycles. The van der Waals surface area contributed by atoms with Gasteiger partial charge in [-0.2, -0.15) is 0 Å². The van der Waals surface area contributed by atoms with Gasteiger partial charge in [0.15, 0.2) is 0 Å². The van der Waals surface area contributed by atoms with Gasteiger partial charge in [-0.15, -0.1) is 0 Å². The van der Waals surface area contributed by atoms with E-state index in [2.05, 4.69) is 0 Å². The molecule has 1 aromatic carbocycles. The summed E-state index contributed by atoms with van der Waals surface area (Å²) < 4.78 is 5.58. The van der Waals surface area contributed by atoms with Crippen LogP contribution in [0.2, 0.25) is 0 Å². The highest BCUT2D eigenvalue weighted by Crippen LogP contribution is 2.20. The molecule has 126 valence electrons. The Morgan fingerprint density at radius 3 is 2.57 bits per heavy atom. The first-order valence-corrected chi connectivity index (χ1v) is 8.43. The minimum absolute atomic E-state index is 0.00365. The van der Waals surface area contributed by atoms with Crippen molar-refractivity contribution in [3.05, 3.63) is 30.3 Å². The summed E-state index contributed by atoms with van der Waals surface area (Å²) in [6.07, 6.45) is 1.96. The Kier molecular flexibility index (Phi) is 6.44. The monoisotopic (exact) mass is 318 g/mol. The first kappa shape index (κ1) is 17.3. The van der Waals surface area contributed by atoms with E-state index in [1.807, 2.05) is 44.2 Å². The predicted octanol–water partition coefficient (Wildman–Crippen LogP) is 2.31. The highest BCUT2D eigenvalue weighted by Gasteiger charge is 2.35. The zero-order chi connectivity index (χ0) is 16.7. The Hall–Kier alpha value is -2.04. The average Bonchev–Trinajstić information content (AvgIpc) is 3.06. The third-order valence-electron chi connectivity index (χ3n) is 4.26. The van der Waals surface area contributed by atoms with Crippen molar-refractivity contribution in [3.63, 3.8) is 0 Å². The molecule has 1 atom stereocenters. The number of likely N-dealkylation sites (tertiary alicyclic amines) is 1. The third kappa shape index (κ3) is 4.47. The molecule has 2 rings (SSSR count). The van der Waals surface area contributed by atoms with E-state index < -0.39 is 0 Å². The number of amides is 2. The van der Waals surface area contributed by atoms with Gasteiger partial charge in [-0.1, -0.05) is 18.2 Å². The number of rotatable bonds is 7. The van der Waals surface area contributed by atoms with E-state index in [9.17, 15) is 9.59 Å². The first-order valence-electron chi connectivity index (χ1n) is 8.43. The molecule has 1 saturated heterocycles. The molecule has 0 aliphatic carbocycles. The number of benzene rings is 1. The number of hydrogen-bond acceptors (Lipinski definition) is 3. The summed E-state index contributed by atoms with van der Waals surface area (Å²) in [5.41, 5.74) is 0. The third-order valence-corrected chi connectivity index (χ3v) is 4.26. The smallest absolute Gasteiger partial charge is 0.245 e. The molecule has 0 bridgehead atoms. The molecule has 0 saturated carbocycles. The van der Waals surface area contributed by atoms with Crippen LogP contribution in [-0.4, -0.2) is 53.9 Å². The Balaban J connectivity index is 1.86. The molecular weight excluding hydrogens is 292 g/mol. The Labute approximate surface area is 138 Å². The number of para-hydroxylation sites is 1. The van der Waals surface area contributed by atoms with Crippen LogP contribution in [0.15, 0.2) is 30.3 Å². The van der Waals surface area contributed by atoms with Crippen LogP contribution in [0, 0.1) is 0 Å². The van der Waals surface area contributed by atoms with E-state index in [0.29, 0.717) is 32.7 Å². The maximum atomic E-state index is 12.5. The topological polar surface area (TPSA) is 49.9 Å². The normalized spacial score (nSPS) is 17.1. The second kappa shape index (κ2) is 8.56. The van der Waals surface area contributed by atoms with Crippen molar-refractivity contribution in [1.29, 1.82) is 0 Å². The van der Waals surface area contributed by atoms with Gasteiger partial charge in [0.1, 0.15) is 11.8 Å². The second-order valence-electron chi connectivity index (χ2n) is 5.67. The molecule has 5 heteroatoms. The SMILES string of the molecule is CCN(CC)C(=O)[C@@H]1CCCN1C(=O)CCOc1ccccc1. The van der Waals surface area contributed by atoms with Crippen molar-refractivity contribution in [2.45, 2.75) is 39.2 Å². The van der Waals surface area contributed by atoms with Crippen LogP contribution in [0.3, 0.4) is 0 Å². The van der Waals surface area contributed by atoms with Crippen molar-refractivity contribution in [2.24, 2.45) is 0 Å². The van der Waals surface area contributed by atoms with Crippen LogP contribution in [0.1, 0.15) is 33.1 Å². The maximum absolute atomic E-state index is 12.5. The van der Waals surface area contributed by atoms with Gasteiger partial charge in [0.25, 0.3) is 0 Å². The predicted molar refractivity (Wildman–Crippen MR) is 89.2 cm³/mol. The molecule has 1 heterocycles. The van der Waals surface area contributed by atoms with E-state index in [0.717, 1.165) is 18.6 Å². The summed E-state index contributed by atoms with van der Waals surface area (Å²) >= 11 is 0. The fourth-order valence-electron chi connectivity index (χ4n) is 2.98. The summed E-state index contributed by atoms with van der Waals surface area (Å²) in [6.45, 7) is 6.32. The van der Waals surface area contributed by atoms with E-state index in [4.69, 9.17) is 4.74 Å². The lowest BCUT2D eigenvalue weighted by atomic mass is 10.2. The van der Waals surface area contributed by atoms with Crippen molar-refractivity contribution >= 4 is 11.8 Å². The molecule has 1 aromatic rings. The van der Waals surface area contributed by atoms with E-state index in [1.54, 1.807) is 9.80 Å². The van der Waals surface area contributed by atoms with Crippen molar-refractivity contribution in [3.8, 4) is 5.75 Å². The van der Waals surface area contributed by atoms with Gasteiger partial charge in [0.2, 0.25) is 11.8 Å². The second-order valence-corrected chi connectivity index (χ2v) is 5.67. The standard InChI is InChI=1S/C18H26N2O3/c1-3-19(4-2)18(22)16-11-8-13-20(16)17(21)12-14-23-15-9-6-5-7-10-15/h5-7,9-10,16H,3-4,8,11-14H2,1-2H3/t16-/m0/s1. The van der Waals surface area contributed by atoms with E-state index >= 15 is 0 Å². The molecule has 0 unspecified atom stereocenters. The fraction of sp³-hybridized carbons (Fsp3) is 0.556. The van der Waals surface area contributed by atoms with E-state index in [-0.39, 0.29) is 17.9 Å². The summed E-state index contributed by atoms with van der Waals surface area (Å²) in [5, 5.41) is 0. The van der Waals surface area contributed by atoms with Gasteiger partial charge in [0, 0.05) is 19.6 Å².